The first kappa shape index (κ1) is 16.8. The minimum Gasteiger partial charge on any atom is -0.353 e. The van der Waals surface area contributed by atoms with Crippen molar-refractivity contribution in [3.63, 3.8) is 0 Å². The Kier molecular flexibility index (Phi) is 5.04. The summed E-state index contributed by atoms with van der Waals surface area (Å²) in [5, 5.41) is 5.88. The van der Waals surface area contributed by atoms with Crippen LogP contribution >= 0.6 is 0 Å². The van der Waals surface area contributed by atoms with Gasteiger partial charge in [0, 0.05) is 38.3 Å². The van der Waals surface area contributed by atoms with Gasteiger partial charge in [0.1, 0.15) is 6.04 Å². The zero-order valence-corrected chi connectivity index (χ0v) is 14.4. The number of nitrogens with zero attached hydrogens (tertiary/aromatic N) is 2. The molecule has 1 aromatic rings. The van der Waals surface area contributed by atoms with Crippen molar-refractivity contribution in [3.05, 3.63) is 35.9 Å². The van der Waals surface area contributed by atoms with Crippen molar-refractivity contribution >= 4 is 11.9 Å². The number of hydrogen-bond acceptors (Lipinski definition) is 3. The van der Waals surface area contributed by atoms with Crippen molar-refractivity contribution < 1.29 is 9.59 Å². The normalized spacial score (nSPS) is 26.1. The average molecular weight is 330 g/mol. The molecule has 2 aliphatic heterocycles. The lowest BCUT2D eigenvalue weighted by molar-refractivity contribution is -0.126. The lowest BCUT2D eigenvalue weighted by Crippen LogP contribution is -2.59. The van der Waals surface area contributed by atoms with Crippen molar-refractivity contribution in [2.24, 2.45) is 0 Å². The molecule has 0 aromatic heterocycles. The molecule has 0 bridgehead atoms. The molecule has 1 aromatic carbocycles. The molecular formula is C18H26N4O2. The molecule has 24 heavy (non-hydrogen) atoms. The highest BCUT2D eigenvalue weighted by atomic mass is 16.2. The van der Waals surface area contributed by atoms with Gasteiger partial charge in [-0.3, -0.25) is 9.69 Å². The van der Waals surface area contributed by atoms with Crippen LogP contribution in [-0.2, 0) is 4.79 Å². The van der Waals surface area contributed by atoms with Gasteiger partial charge < -0.3 is 15.5 Å². The van der Waals surface area contributed by atoms with Gasteiger partial charge >= 0.3 is 6.03 Å². The number of carbonyl (C=O) groups excluding carboxylic acids is 2. The highest BCUT2D eigenvalue weighted by Crippen LogP contribution is 2.24. The SMILES string of the molecule is C[C@H](c1ccccc1)N1CC[C@H](NC(=O)N2CCNC(=O)[C@@H]2C)C1. The molecule has 0 spiro atoms. The van der Waals surface area contributed by atoms with Crippen LogP contribution in [0.25, 0.3) is 0 Å². The minimum atomic E-state index is -0.403. The number of rotatable bonds is 3. The molecule has 0 aliphatic carbocycles. The summed E-state index contributed by atoms with van der Waals surface area (Å²) in [7, 11) is 0. The van der Waals surface area contributed by atoms with E-state index in [-0.39, 0.29) is 18.0 Å². The molecule has 6 nitrogen and oxygen atoms in total. The molecule has 3 atom stereocenters. The summed E-state index contributed by atoms with van der Waals surface area (Å²) in [5.74, 6) is -0.0813. The Bertz CT molecular complexity index is 592. The number of piperazine rings is 1. The maximum atomic E-state index is 12.5. The van der Waals surface area contributed by atoms with Gasteiger partial charge in [0.25, 0.3) is 0 Å². The van der Waals surface area contributed by atoms with Crippen molar-refractivity contribution in [2.45, 2.75) is 38.4 Å². The van der Waals surface area contributed by atoms with Crippen LogP contribution in [-0.4, -0.2) is 60.0 Å². The lowest BCUT2D eigenvalue weighted by atomic mass is 10.1. The van der Waals surface area contributed by atoms with E-state index >= 15 is 0 Å². The van der Waals surface area contributed by atoms with E-state index < -0.39 is 6.04 Å². The maximum absolute atomic E-state index is 12.5. The fourth-order valence-electron chi connectivity index (χ4n) is 3.52. The van der Waals surface area contributed by atoms with Gasteiger partial charge in [-0.15, -0.1) is 0 Å². The van der Waals surface area contributed by atoms with Crippen LogP contribution in [0.15, 0.2) is 30.3 Å². The van der Waals surface area contributed by atoms with E-state index in [1.165, 1.54) is 5.56 Å². The summed E-state index contributed by atoms with van der Waals surface area (Å²) in [5.41, 5.74) is 1.30. The average Bonchev–Trinajstić information content (AvgIpc) is 3.05. The number of benzene rings is 1. The highest BCUT2D eigenvalue weighted by Gasteiger charge is 2.33. The lowest BCUT2D eigenvalue weighted by Gasteiger charge is -2.33. The Labute approximate surface area is 143 Å². The standard InChI is InChI=1S/C18H26N4O2/c1-13(15-6-4-3-5-7-15)21-10-8-16(12-21)20-18(24)22-11-9-19-17(23)14(22)2/h3-7,13-14,16H,8-12H2,1-2H3,(H,19,23)(H,20,24)/t13-,14+,16+/m1/s1. The summed E-state index contributed by atoms with van der Waals surface area (Å²) in [6.07, 6.45) is 0.942. The molecule has 2 N–H and O–H groups in total. The van der Waals surface area contributed by atoms with Crippen molar-refractivity contribution in [1.82, 2.24) is 20.4 Å². The van der Waals surface area contributed by atoms with Gasteiger partial charge in [0.2, 0.25) is 5.91 Å². The monoisotopic (exact) mass is 330 g/mol. The predicted octanol–water partition coefficient (Wildman–Crippen LogP) is 1.35. The maximum Gasteiger partial charge on any atom is 0.318 e. The molecule has 2 heterocycles. The molecule has 2 saturated heterocycles. The van der Waals surface area contributed by atoms with Crippen molar-refractivity contribution in [1.29, 1.82) is 0 Å². The fraction of sp³-hybridized carbons (Fsp3) is 0.556. The molecule has 0 unspecified atom stereocenters. The second kappa shape index (κ2) is 7.21. The number of likely N-dealkylation sites (tertiary alicyclic amines) is 1. The molecule has 3 rings (SSSR count). The van der Waals surface area contributed by atoms with Gasteiger partial charge in [-0.25, -0.2) is 4.79 Å². The first-order chi connectivity index (χ1) is 11.6. The van der Waals surface area contributed by atoms with E-state index in [4.69, 9.17) is 0 Å². The van der Waals surface area contributed by atoms with Gasteiger partial charge in [-0.2, -0.15) is 0 Å². The first-order valence-electron chi connectivity index (χ1n) is 8.70. The Balaban J connectivity index is 1.54. The van der Waals surface area contributed by atoms with Crippen molar-refractivity contribution in [3.8, 4) is 0 Å². The van der Waals surface area contributed by atoms with Gasteiger partial charge in [-0.05, 0) is 25.8 Å². The van der Waals surface area contributed by atoms with E-state index in [2.05, 4.69) is 46.7 Å². The third-order valence-electron chi connectivity index (χ3n) is 5.14. The second-order valence-corrected chi connectivity index (χ2v) is 6.68. The molecule has 3 amide bonds. The van der Waals surface area contributed by atoms with Crippen LogP contribution in [0.1, 0.15) is 31.9 Å². The molecule has 130 valence electrons. The number of nitrogens with one attached hydrogen (secondary N) is 2. The zero-order chi connectivity index (χ0) is 17.1. The Morgan fingerprint density at radius 1 is 1.29 bits per heavy atom. The third kappa shape index (κ3) is 3.53. The Morgan fingerprint density at radius 2 is 2.04 bits per heavy atom. The number of carbonyl (C=O) groups is 2. The van der Waals surface area contributed by atoms with Crippen LogP contribution in [0, 0.1) is 0 Å². The van der Waals surface area contributed by atoms with Crippen LogP contribution in [0.4, 0.5) is 4.79 Å². The van der Waals surface area contributed by atoms with Crippen LogP contribution < -0.4 is 10.6 Å². The molecule has 2 aliphatic rings. The molecular weight excluding hydrogens is 304 g/mol. The zero-order valence-electron chi connectivity index (χ0n) is 14.4. The molecule has 6 heteroatoms. The highest BCUT2D eigenvalue weighted by molar-refractivity contribution is 5.87. The van der Waals surface area contributed by atoms with E-state index in [0.29, 0.717) is 19.1 Å². The molecule has 0 saturated carbocycles. The first-order valence-corrected chi connectivity index (χ1v) is 8.70. The Hall–Kier alpha value is -2.08. The van der Waals surface area contributed by atoms with Crippen LogP contribution in [0.5, 0.6) is 0 Å². The van der Waals surface area contributed by atoms with Gasteiger partial charge in [0.15, 0.2) is 0 Å². The largest absolute Gasteiger partial charge is 0.353 e. The summed E-state index contributed by atoms with van der Waals surface area (Å²) in [6, 6.07) is 10.4. The van der Waals surface area contributed by atoms with E-state index in [1.54, 1.807) is 11.8 Å². The topological polar surface area (TPSA) is 64.7 Å². The summed E-state index contributed by atoms with van der Waals surface area (Å²) in [4.78, 5) is 28.2. The minimum absolute atomic E-state index is 0.0813. The predicted molar refractivity (Wildman–Crippen MR) is 92.5 cm³/mol. The third-order valence-corrected chi connectivity index (χ3v) is 5.14. The summed E-state index contributed by atoms with van der Waals surface area (Å²) in [6.45, 7) is 6.88. The quantitative estimate of drug-likeness (QED) is 0.879. The number of hydrogen-bond donors (Lipinski definition) is 2. The summed E-state index contributed by atoms with van der Waals surface area (Å²) >= 11 is 0. The molecule has 2 fully saturated rings. The van der Waals surface area contributed by atoms with Gasteiger partial charge in [-0.1, -0.05) is 30.3 Å². The fourth-order valence-corrected chi connectivity index (χ4v) is 3.52. The smallest absolute Gasteiger partial charge is 0.318 e. The van der Waals surface area contributed by atoms with Crippen molar-refractivity contribution in [2.75, 3.05) is 26.2 Å². The Morgan fingerprint density at radius 3 is 2.79 bits per heavy atom. The van der Waals surface area contributed by atoms with E-state index in [1.807, 2.05) is 6.07 Å². The second-order valence-electron chi connectivity index (χ2n) is 6.68. The summed E-state index contributed by atoms with van der Waals surface area (Å²) < 4.78 is 0. The van der Waals surface area contributed by atoms with Crippen LogP contribution in [0.2, 0.25) is 0 Å². The number of urea groups is 1. The van der Waals surface area contributed by atoms with Gasteiger partial charge in [0.05, 0.1) is 0 Å². The van der Waals surface area contributed by atoms with Crippen LogP contribution in [0.3, 0.4) is 0 Å². The van der Waals surface area contributed by atoms with E-state index in [9.17, 15) is 9.59 Å². The van der Waals surface area contributed by atoms with E-state index in [0.717, 1.165) is 19.5 Å². The number of amides is 3. The molecule has 0 radical (unpaired) electrons.